The number of hydrogen-bond donors (Lipinski definition) is 0. The summed E-state index contributed by atoms with van der Waals surface area (Å²) >= 11 is 6.43. The molecule has 0 radical (unpaired) electrons. The number of ether oxygens (including phenoxy) is 2. The Bertz CT molecular complexity index is 1190. The molecular weight excluding hydrogens is 476 g/mol. The summed E-state index contributed by atoms with van der Waals surface area (Å²) in [5.41, 5.74) is 1.90. The van der Waals surface area contributed by atoms with Crippen molar-refractivity contribution in [1.29, 1.82) is 0 Å². The highest BCUT2D eigenvalue weighted by atomic mass is 35.5. The van der Waals surface area contributed by atoms with E-state index < -0.39 is 0 Å². The zero-order valence-corrected chi connectivity index (χ0v) is 21.9. The van der Waals surface area contributed by atoms with Crippen LogP contribution in [0.4, 0.5) is 17.6 Å². The van der Waals surface area contributed by atoms with Crippen molar-refractivity contribution in [3.63, 3.8) is 0 Å². The molecule has 4 heterocycles. The van der Waals surface area contributed by atoms with Crippen molar-refractivity contribution < 1.29 is 9.47 Å². The van der Waals surface area contributed by atoms with Crippen LogP contribution in [0.25, 0.3) is 11.3 Å². The molecule has 0 amide bonds. The predicted octanol–water partition coefficient (Wildman–Crippen LogP) is 4.53. The molecule has 0 aliphatic carbocycles. The molecule has 36 heavy (non-hydrogen) atoms. The Hall–Kier alpha value is -3.10. The lowest BCUT2D eigenvalue weighted by Gasteiger charge is -2.41. The van der Waals surface area contributed by atoms with E-state index in [0.717, 1.165) is 67.3 Å². The first-order valence-electron chi connectivity index (χ1n) is 12.6. The lowest BCUT2D eigenvalue weighted by atomic mass is 10.1. The van der Waals surface area contributed by atoms with Crippen molar-refractivity contribution in [2.45, 2.75) is 32.9 Å². The minimum absolute atomic E-state index is 0.106. The van der Waals surface area contributed by atoms with Crippen LogP contribution in [-0.4, -0.2) is 73.0 Å². The highest BCUT2D eigenvalue weighted by Gasteiger charge is 2.28. The highest BCUT2D eigenvalue weighted by molar-refractivity contribution is 6.32. The third-order valence-electron chi connectivity index (χ3n) is 6.46. The minimum atomic E-state index is 0.106. The third kappa shape index (κ3) is 5.50. The Labute approximate surface area is 217 Å². The quantitative estimate of drug-likeness (QED) is 0.481. The van der Waals surface area contributed by atoms with Crippen molar-refractivity contribution in [2.24, 2.45) is 0 Å². The van der Waals surface area contributed by atoms with Gasteiger partial charge in [-0.05, 0) is 45.0 Å². The van der Waals surface area contributed by atoms with Crippen molar-refractivity contribution in [3.8, 4) is 17.0 Å². The summed E-state index contributed by atoms with van der Waals surface area (Å²) < 4.78 is 11.5. The number of aromatic nitrogens is 3. The fourth-order valence-electron chi connectivity index (χ4n) is 4.72. The van der Waals surface area contributed by atoms with E-state index in [2.05, 4.69) is 44.8 Å². The number of benzene rings is 1. The van der Waals surface area contributed by atoms with Crippen LogP contribution in [0.15, 0.2) is 48.7 Å². The van der Waals surface area contributed by atoms with Gasteiger partial charge in [-0.3, -0.25) is 0 Å². The van der Waals surface area contributed by atoms with Gasteiger partial charge in [0.1, 0.15) is 17.4 Å². The van der Waals surface area contributed by atoms with E-state index in [4.69, 9.17) is 31.0 Å². The minimum Gasteiger partial charge on any atom is -0.491 e. The first-order valence-corrected chi connectivity index (χ1v) is 13.0. The summed E-state index contributed by atoms with van der Waals surface area (Å²) in [5.74, 6) is 3.34. The topological polar surface area (TPSA) is 66.9 Å². The van der Waals surface area contributed by atoms with Crippen LogP contribution in [0.5, 0.6) is 5.75 Å². The maximum atomic E-state index is 6.43. The van der Waals surface area contributed by atoms with Crippen LogP contribution < -0.4 is 19.4 Å². The first-order chi connectivity index (χ1) is 17.5. The van der Waals surface area contributed by atoms with Crippen LogP contribution in [0, 0.1) is 0 Å². The molecule has 1 atom stereocenters. The van der Waals surface area contributed by atoms with E-state index in [1.165, 1.54) is 0 Å². The molecule has 2 aliphatic rings. The summed E-state index contributed by atoms with van der Waals surface area (Å²) in [6, 6.07) is 14.2. The first kappa shape index (κ1) is 24.6. The van der Waals surface area contributed by atoms with Crippen molar-refractivity contribution in [1.82, 2.24) is 15.0 Å². The monoisotopic (exact) mass is 508 g/mol. The molecule has 9 heteroatoms. The van der Waals surface area contributed by atoms with Gasteiger partial charge in [0.25, 0.3) is 0 Å². The average Bonchev–Trinajstić information content (AvgIpc) is 2.89. The Morgan fingerprint density at radius 2 is 1.83 bits per heavy atom. The molecule has 0 saturated carbocycles. The molecule has 2 aromatic heterocycles. The molecule has 3 aromatic rings. The molecule has 8 nitrogen and oxygen atoms in total. The Morgan fingerprint density at radius 3 is 2.58 bits per heavy atom. The van der Waals surface area contributed by atoms with Crippen LogP contribution in [-0.2, 0) is 4.74 Å². The molecule has 0 bridgehead atoms. The maximum Gasteiger partial charge on any atom is 0.228 e. The summed E-state index contributed by atoms with van der Waals surface area (Å²) in [6.07, 6.45) is 1.90. The number of halogens is 1. The van der Waals surface area contributed by atoms with Crippen molar-refractivity contribution in [3.05, 3.63) is 53.7 Å². The van der Waals surface area contributed by atoms with Gasteiger partial charge >= 0.3 is 0 Å². The molecule has 0 N–H and O–H groups in total. The molecule has 190 valence electrons. The van der Waals surface area contributed by atoms with Crippen molar-refractivity contribution in [2.75, 3.05) is 60.6 Å². The maximum absolute atomic E-state index is 6.43. The fourth-order valence-corrected chi connectivity index (χ4v) is 4.96. The molecule has 2 saturated heterocycles. The van der Waals surface area contributed by atoms with E-state index in [1.54, 1.807) is 6.20 Å². The average molecular weight is 509 g/mol. The Balaban J connectivity index is 1.46. The normalized spacial score (nSPS) is 18.6. The number of nitrogens with zero attached hydrogens (tertiary/aromatic N) is 6. The number of piperazine rings is 1. The molecular formula is C27H33ClN6O2. The van der Waals surface area contributed by atoms with Crippen LogP contribution in [0.2, 0.25) is 5.02 Å². The van der Waals surface area contributed by atoms with Crippen LogP contribution in [0.1, 0.15) is 20.8 Å². The van der Waals surface area contributed by atoms with Crippen LogP contribution >= 0.6 is 11.6 Å². The van der Waals surface area contributed by atoms with Gasteiger partial charge in [0.15, 0.2) is 0 Å². The van der Waals surface area contributed by atoms with E-state index in [1.807, 2.05) is 38.1 Å². The van der Waals surface area contributed by atoms with Gasteiger partial charge in [-0.25, -0.2) is 9.97 Å². The largest absolute Gasteiger partial charge is 0.491 e. The molecule has 1 aromatic carbocycles. The third-order valence-corrected chi connectivity index (χ3v) is 6.75. The second-order valence-electron chi connectivity index (χ2n) is 9.50. The fraction of sp³-hybridized carbons (Fsp3) is 0.444. The summed E-state index contributed by atoms with van der Waals surface area (Å²) in [6.45, 7) is 11.6. The second-order valence-corrected chi connectivity index (χ2v) is 9.91. The number of morpholine rings is 1. The highest BCUT2D eigenvalue weighted by Crippen LogP contribution is 2.31. The SMILES string of the molecule is CC(C)Oc1cccc(-c2cc(N3CCN(c4ncccc4Cl)CC3C)nc(N3CCOCC3)n2)c1. The summed E-state index contributed by atoms with van der Waals surface area (Å²) in [7, 11) is 0. The van der Waals surface area contributed by atoms with E-state index >= 15 is 0 Å². The molecule has 2 aliphatic heterocycles. The predicted molar refractivity (Wildman–Crippen MR) is 145 cm³/mol. The molecule has 0 spiro atoms. The zero-order valence-electron chi connectivity index (χ0n) is 21.1. The van der Waals surface area contributed by atoms with E-state index in [0.29, 0.717) is 18.2 Å². The Morgan fingerprint density at radius 1 is 1.00 bits per heavy atom. The number of rotatable bonds is 6. The van der Waals surface area contributed by atoms with Gasteiger partial charge in [-0.15, -0.1) is 0 Å². The molecule has 2 fully saturated rings. The lowest BCUT2D eigenvalue weighted by molar-refractivity contribution is 0.122. The van der Waals surface area contributed by atoms with Crippen LogP contribution in [0.3, 0.4) is 0 Å². The molecule has 5 rings (SSSR count). The van der Waals surface area contributed by atoms with Gasteiger partial charge in [0, 0.05) is 56.6 Å². The van der Waals surface area contributed by atoms with Gasteiger partial charge in [-0.2, -0.15) is 4.98 Å². The summed E-state index contributed by atoms with van der Waals surface area (Å²) in [5, 5.41) is 0.681. The molecule has 1 unspecified atom stereocenters. The number of pyridine rings is 1. The standard InChI is InChI=1S/C27H33ClN6O2/c1-19(2)36-22-7-4-6-21(16-22)24-17-25(31-27(30-24)32-12-14-35-15-13-32)34-11-10-33(18-20(34)3)26-23(28)8-5-9-29-26/h4-9,16-17,19-20H,10-15,18H2,1-3H3. The van der Waals surface area contributed by atoms with Crippen molar-refractivity contribution >= 4 is 29.2 Å². The van der Waals surface area contributed by atoms with Gasteiger partial charge in [-0.1, -0.05) is 23.7 Å². The number of anilines is 3. The van der Waals surface area contributed by atoms with E-state index in [-0.39, 0.29) is 12.1 Å². The number of hydrogen-bond acceptors (Lipinski definition) is 8. The second kappa shape index (κ2) is 10.9. The van der Waals surface area contributed by atoms with Gasteiger partial charge in [0.2, 0.25) is 5.95 Å². The van der Waals surface area contributed by atoms with E-state index in [9.17, 15) is 0 Å². The zero-order chi connectivity index (χ0) is 25.1. The Kier molecular flexibility index (Phi) is 7.43. The lowest BCUT2D eigenvalue weighted by Crippen LogP contribution is -2.53. The smallest absolute Gasteiger partial charge is 0.228 e. The van der Waals surface area contributed by atoms with Gasteiger partial charge < -0.3 is 24.2 Å². The summed E-state index contributed by atoms with van der Waals surface area (Å²) in [4.78, 5) is 21.3. The van der Waals surface area contributed by atoms with Gasteiger partial charge in [0.05, 0.1) is 30.0 Å².